The van der Waals surface area contributed by atoms with Crippen LogP contribution in [0.1, 0.15) is 42.5 Å². The number of aromatic nitrogens is 1. The highest BCUT2D eigenvalue weighted by Crippen LogP contribution is 2.25. The number of aryl methyl sites for hydroxylation is 2. The van der Waals surface area contributed by atoms with Gasteiger partial charge in [0.2, 0.25) is 5.91 Å². The second-order valence-electron chi connectivity index (χ2n) is 8.47. The lowest BCUT2D eigenvalue weighted by atomic mass is 9.89. The first-order chi connectivity index (χ1) is 15.1. The number of para-hydroxylation sites is 2. The van der Waals surface area contributed by atoms with Crippen molar-refractivity contribution in [2.24, 2.45) is 0 Å². The topological polar surface area (TPSA) is 51.1 Å². The second-order valence-corrected chi connectivity index (χ2v) is 8.47. The highest BCUT2D eigenvalue weighted by Gasteiger charge is 2.16. The normalized spacial score (nSPS) is 14.4. The van der Waals surface area contributed by atoms with Crippen LogP contribution in [0.2, 0.25) is 0 Å². The van der Waals surface area contributed by atoms with Gasteiger partial charge in [0, 0.05) is 10.8 Å². The number of carbonyl (C=O) groups excluding carboxylic acids is 1. The van der Waals surface area contributed by atoms with Crippen LogP contribution in [-0.2, 0) is 24.2 Å². The molecular formula is C27H26N2O2. The SMILES string of the molecule is C[C@H](NC(=O)Cn1c2ccccc2c(=O)c2ccccc21)c1ccc2c(c1)CCCC2. The standard InChI is InChI=1S/C27H26N2O2/c1-18(20-15-14-19-8-2-3-9-21(19)16-20)28-26(30)17-29-24-12-6-4-10-22(24)27(31)23-11-5-7-13-25(23)29/h4-7,10-16,18H,2-3,8-9,17H2,1H3,(H,28,30)/t18-/m0/s1. The Morgan fingerprint density at radius 2 is 1.52 bits per heavy atom. The molecule has 1 atom stereocenters. The number of amides is 1. The van der Waals surface area contributed by atoms with E-state index in [4.69, 9.17) is 0 Å². The van der Waals surface area contributed by atoms with Gasteiger partial charge in [0.25, 0.3) is 0 Å². The van der Waals surface area contributed by atoms with Gasteiger partial charge in [-0.25, -0.2) is 0 Å². The molecular weight excluding hydrogens is 384 g/mol. The quantitative estimate of drug-likeness (QED) is 0.486. The highest BCUT2D eigenvalue weighted by atomic mass is 16.2. The van der Waals surface area contributed by atoms with E-state index in [0.29, 0.717) is 10.8 Å². The van der Waals surface area contributed by atoms with Crippen LogP contribution in [0.25, 0.3) is 21.8 Å². The number of pyridine rings is 1. The largest absolute Gasteiger partial charge is 0.348 e. The minimum Gasteiger partial charge on any atom is -0.348 e. The van der Waals surface area contributed by atoms with E-state index in [1.807, 2.05) is 60.0 Å². The molecule has 4 aromatic rings. The maximum Gasteiger partial charge on any atom is 0.240 e. The van der Waals surface area contributed by atoms with E-state index < -0.39 is 0 Å². The van der Waals surface area contributed by atoms with Crippen molar-refractivity contribution in [1.82, 2.24) is 9.88 Å². The Labute approximate surface area is 181 Å². The zero-order valence-corrected chi connectivity index (χ0v) is 17.7. The fourth-order valence-electron chi connectivity index (χ4n) is 4.78. The Hall–Kier alpha value is -3.40. The Balaban J connectivity index is 1.45. The minimum absolute atomic E-state index is 0.00489. The van der Waals surface area contributed by atoms with Crippen LogP contribution in [0.5, 0.6) is 0 Å². The molecule has 0 radical (unpaired) electrons. The van der Waals surface area contributed by atoms with Crippen molar-refractivity contribution in [3.8, 4) is 0 Å². The number of hydrogen-bond acceptors (Lipinski definition) is 2. The fraction of sp³-hybridized carbons (Fsp3) is 0.259. The van der Waals surface area contributed by atoms with E-state index in [9.17, 15) is 9.59 Å². The van der Waals surface area contributed by atoms with Gasteiger partial charge < -0.3 is 9.88 Å². The number of fused-ring (bicyclic) bond motifs is 3. The summed E-state index contributed by atoms with van der Waals surface area (Å²) in [4.78, 5) is 25.9. The summed E-state index contributed by atoms with van der Waals surface area (Å²) < 4.78 is 1.95. The lowest BCUT2D eigenvalue weighted by Crippen LogP contribution is -2.31. The molecule has 0 unspecified atom stereocenters. The van der Waals surface area contributed by atoms with Gasteiger partial charge in [-0.1, -0.05) is 42.5 Å². The molecule has 0 spiro atoms. The molecule has 1 aliphatic carbocycles. The molecule has 0 saturated heterocycles. The molecule has 0 aliphatic heterocycles. The van der Waals surface area contributed by atoms with Gasteiger partial charge in [0.15, 0.2) is 5.43 Å². The number of nitrogens with one attached hydrogen (secondary N) is 1. The predicted molar refractivity (Wildman–Crippen MR) is 125 cm³/mol. The van der Waals surface area contributed by atoms with Gasteiger partial charge in [-0.3, -0.25) is 9.59 Å². The van der Waals surface area contributed by atoms with Crippen LogP contribution in [0, 0.1) is 0 Å². The van der Waals surface area contributed by atoms with Gasteiger partial charge >= 0.3 is 0 Å². The van der Waals surface area contributed by atoms with Crippen LogP contribution in [-0.4, -0.2) is 10.5 Å². The summed E-state index contributed by atoms with van der Waals surface area (Å²) in [7, 11) is 0. The molecule has 5 rings (SSSR count). The molecule has 31 heavy (non-hydrogen) atoms. The Bertz CT molecular complexity index is 1290. The molecule has 1 amide bonds. The fourth-order valence-corrected chi connectivity index (χ4v) is 4.78. The van der Waals surface area contributed by atoms with E-state index in [1.165, 1.54) is 24.0 Å². The van der Waals surface area contributed by atoms with Crippen LogP contribution in [0.15, 0.2) is 71.5 Å². The van der Waals surface area contributed by atoms with Crippen molar-refractivity contribution >= 4 is 27.7 Å². The Kier molecular flexibility index (Phi) is 5.06. The zero-order valence-electron chi connectivity index (χ0n) is 17.7. The van der Waals surface area contributed by atoms with Gasteiger partial charge in [-0.2, -0.15) is 0 Å². The third-order valence-electron chi connectivity index (χ3n) is 6.43. The molecule has 0 saturated carbocycles. The van der Waals surface area contributed by atoms with Crippen molar-refractivity contribution in [2.75, 3.05) is 0 Å². The number of benzene rings is 3. The molecule has 4 nitrogen and oxygen atoms in total. The van der Waals surface area contributed by atoms with E-state index >= 15 is 0 Å². The van der Waals surface area contributed by atoms with Crippen LogP contribution < -0.4 is 10.7 Å². The summed E-state index contributed by atoms with van der Waals surface area (Å²) in [6, 6.07) is 21.5. The molecule has 1 N–H and O–H groups in total. The molecule has 156 valence electrons. The zero-order chi connectivity index (χ0) is 21.4. The number of hydrogen-bond donors (Lipinski definition) is 1. The van der Waals surface area contributed by atoms with Gasteiger partial charge in [0.1, 0.15) is 6.54 Å². The summed E-state index contributed by atoms with van der Waals surface area (Å²) in [5, 5.41) is 4.43. The lowest BCUT2D eigenvalue weighted by molar-refractivity contribution is -0.122. The first-order valence-corrected chi connectivity index (χ1v) is 11.0. The Morgan fingerprint density at radius 1 is 0.903 bits per heavy atom. The molecule has 1 aliphatic rings. The lowest BCUT2D eigenvalue weighted by Gasteiger charge is -2.21. The number of nitrogens with zero attached hydrogens (tertiary/aromatic N) is 1. The van der Waals surface area contributed by atoms with Crippen molar-refractivity contribution in [3.63, 3.8) is 0 Å². The Morgan fingerprint density at radius 3 is 2.19 bits per heavy atom. The van der Waals surface area contributed by atoms with Gasteiger partial charge in [-0.15, -0.1) is 0 Å². The minimum atomic E-state index is -0.0726. The third kappa shape index (κ3) is 3.63. The van der Waals surface area contributed by atoms with E-state index in [2.05, 4.69) is 23.5 Å². The summed E-state index contributed by atoms with van der Waals surface area (Å²) in [5.41, 5.74) is 5.57. The average molecular weight is 411 g/mol. The number of rotatable bonds is 4. The average Bonchev–Trinajstić information content (AvgIpc) is 2.81. The molecule has 1 heterocycles. The van der Waals surface area contributed by atoms with E-state index in [0.717, 1.165) is 29.4 Å². The summed E-state index contributed by atoms with van der Waals surface area (Å²) in [5.74, 6) is -0.0656. The summed E-state index contributed by atoms with van der Waals surface area (Å²) >= 11 is 0. The van der Waals surface area contributed by atoms with Crippen LogP contribution >= 0.6 is 0 Å². The number of carbonyl (C=O) groups is 1. The van der Waals surface area contributed by atoms with Gasteiger partial charge in [0.05, 0.1) is 17.1 Å². The summed E-state index contributed by atoms with van der Waals surface area (Å²) in [6.45, 7) is 2.20. The first kappa shape index (κ1) is 19.6. The maximum absolute atomic E-state index is 13.0. The van der Waals surface area contributed by atoms with Crippen molar-refractivity contribution in [1.29, 1.82) is 0 Å². The molecule has 0 fully saturated rings. The van der Waals surface area contributed by atoms with Crippen molar-refractivity contribution in [3.05, 3.63) is 93.6 Å². The molecule has 1 aromatic heterocycles. The molecule has 3 aromatic carbocycles. The summed E-state index contributed by atoms with van der Waals surface area (Å²) in [6.07, 6.45) is 4.78. The molecule has 0 bridgehead atoms. The van der Waals surface area contributed by atoms with Gasteiger partial charge in [-0.05, 0) is 73.6 Å². The van der Waals surface area contributed by atoms with Crippen LogP contribution in [0.3, 0.4) is 0 Å². The molecule has 4 heteroatoms. The van der Waals surface area contributed by atoms with Crippen LogP contribution in [0.4, 0.5) is 0 Å². The second kappa shape index (κ2) is 8.03. The predicted octanol–water partition coefficient (Wildman–Crippen LogP) is 4.91. The van der Waals surface area contributed by atoms with E-state index in [-0.39, 0.29) is 23.9 Å². The van der Waals surface area contributed by atoms with Crippen molar-refractivity contribution < 1.29 is 4.79 Å². The highest BCUT2D eigenvalue weighted by molar-refractivity contribution is 5.94. The third-order valence-corrected chi connectivity index (χ3v) is 6.43. The van der Waals surface area contributed by atoms with Crippen molar-refractivity contribution in [2.45, 2.75) is 45.2 Å². The van der Waals surface area contributed by atoms with E-state index in [1.54, 1.807) is 0 Å². The first-order valence-electron chi connectivity index (χ1n) is 11.0. The smallest absolute Gasteiger partial charge is 0.240 e. The monoisotopic (exact) mass is 410 g/mol. The maximum atomic E-state index is 13.0.